The average Bonchev–Trinajstić information content (AvgIpc) is 2.34. The molecule has 0 spiro atoms. The number of ether oxygens (including phenoxy) is 1. The Morgan fingerprint density at radius 1 is 1.65 bits per heavy atom. The molecule has 1 aliphatic heterocycles. The van der Waals surface area contributed by atoms with Crippen LogP contribution in [0.25, 0.3) is 0 Å². The fourth-order valence-corrected chi connectivity index (χ4v) is 2.48. The van der Waals surface area contributed by atoms with Crippen LogP contribution < -0.4 is 5.32 Å². The number of rotatable bonds is 3. The maximum Gasteiger partial charge on any atom is 0.143 e. The summed E-state index contributed by atoms with van der Waals surface area (Å²) >= 11 is 9.24. The van der Waals surface area contributed by atoms with E-state index in [0.717, 1.165) is 36.0 Å². The van der Waals surface area contributed by atoms with Crippen LogP contribution in [0.3, 0.4) is 0 Å². The maximum atomic E-state index is 5.86. The van der Waals surface area contributed by atoms with Crippen LogP contribution in [-0.2, 0) is 4.74 Å². The number of pyridine rings is 1. The van der Waals surface area contributed by atoms with E-state index in [-0.39, 0.29) is 0 Å². The number of nitrogens with zero attached hydrogens (tertiary/aromatic N) is 1. The third-order valence-electron chi connectivity index (χ3n) is 2.99. The first-order valence-electron chi connectivity index (χ1n) is 5.88. The molecule has 3 nitrogen and oxygen atoms in total. The molecule has 0 amide bonds. The molecule has 1 aliphatic rings. The molecule has 0 aliphatic carbocycles. The van der Waals surface area contributed by atoms with Gasteiger partial charge in [0.15, 0.2) is 0 Å². The van der Waals surface area contributed by atoms with Gasteiger partial charge in [0.25, 0.3) is 0 Å². The summed E-state index contributed by atoms with van der Waals surface area (Å²) in [4.78, 5) is 4.11. The number of nitrogens with one attached hydrogen (secondary N) is 1. The van der Waals surface area contributed by atoms with Gasteiger partial charge in [-0.1, -0.05) is 18.5 Å². The van der Waals surface area contributed by atoms with Crippen LogP contribution in [0, 0.1) is 0 Å². The Morgan fingerprint density at radius 3 is 3.18 bits per heavy atom. The van der Waals surface area contributed by atoms with Gasteiger partial charge in [-0.3, -0.25) is 0 Å². The van der Waals surface area contributed by atoms with E-state index in [1.54, 1.807) is 6.20 Å². The molecule has 94 valence electrons. The molecule has 1 aromatic rings. The Bertz CT molecular complexity index is 389. The molecule has 1 aromatic heterocycles. The predicted molar refractivity (Wildman–Crippen MR) is 73.6 cm³/mol. The molecule has 2 rings (SSSR count). The van der Waals surface area contributed by atoms with Crippen molar-refractivity contribution < 1.29 is 4.74 Å². The quantitative estimate of drug-likeness (QED) is 0.859. The number of hydrogen-bond donors (Lipinski definition) is 1. The summed E-state index contributed by atoms with van der Waals surface area (Å²) in [6.07, 6.45) is 5.31. The Morgan fingerprint density at radius 2 is 2.47 bits per heavy atom. The van der Waals surface area contributed by atoms with Crippen molar-refractivity contribution >= 4 is 33.2 Å². The van der Waals surface area contributed by atoms with Gasteiger partial charge >= 0.3 is 0 Å². The Kier molecular flexibility index (Phi) is 4.65. The van der Waals surface area contributed by atoms with E-state index in [0.29, 0.717) is 17.3 Å². The third kappa shape index (κ3) is 3.57. The zero-order valence-corrected chi connectivity index (χ0v) is 12.1. The first-order valence-corrected chi connectivity index (χ1v) is 7.05. The smallest absolute Gasteiger partial charge is 0.143 e. The average molecular weight is 320 g/mol. The van der Waals surface area contributed by atoms with Gasteiger partial charge in [0.1, 0.15) is 5.15 Å². The van der Waals surface area contributed by atoms with Crippen LogP contribution in [0.15, 0.2) is 16.7 Å². The zero-order chi connectivity index (χ0) is 12.3. The van der Waals surface area contributed by atoms with Crippen LogP contribution in [0.1, 0.15) is 26.2 Å². The molecule has 1 fully saturated rings. The van der Waals surface area contributed by atoms with Crippen LogP contribution >= 0.6 is 27.5 Å². The highest BCUT2D eigenvalue weighted by Gasteiger charge is 2.21. The van der Waals surface area contributed by atoms with Crippen molar-refractivity contribution in [1.82, 2.24) is 4.98 Å². The van der Waals surface area contributed by atoms with E-state index in [1.807, 2.05) is 6.07 Å². The van der Waals surface area contributed by atoms with Crippen LogP contribution in [-0.4, -0.2) is 23.7 Å². The van der Waals surface area contributed by atoms with E-state index in [4.69, 9.17) is 16.3 Å². The minimum atomic E-state index is 0.380. The van der Waals surface area contributed by atoms with E-state index in [9.17, 15) is 0 Å². The summed E-state index contributed by atoms with van der Waals surface area (Å²) in [6, 6.07) is 2.43. The van der Waals surface area contributed by atoms with Gasteiger partial charge in [-0.2, -0.15) is 0 Å². The van der Waals surface area contributed by atoms with E-state index < -0.39 is 0 Å². The first kappa shape index (κ1) is 13.1. The fourth-order valence-electron chi connectivity index (χ4n) is 2.03. The summed E-state index contributed by atoms with van der Waals surface area (Å²) in [5, 5.41) is 3.98. The molecule has 1 saturated heterocycles. The second kappa shape index (κ2) is 6.03. The van der Waals surface area contributed by atoms with Crippen molar-refractivity contribution in [2.45, 2.75) is 38.3 Å². The Balaban J connectivity index is 1.97. The third-order valence-corrected chi connectivity index (χ3v) is 4.12. The second-order valence-electron chi connectivity index (χ2n) is 4.26. The Labute approximate surface area is 115 Å². The molecule has 2 heterocycles. The van der Waals surface area contributed by atoms with Crippen molar-refractivity contribution in [2.75, 3.05) is 11.9 Å². The number of halogens is 2. The van der Waals surface area contributed by atoms with Crippen LogP contribution in [0.4, 0.5) is 5.69 Å². The molecule has 0 saturated carbocycles. The first-order chi connectivity index (χ1) is 8.19. The molecule has 2 unspecified atom stereocenters. The summed E-state index contributed by atoms with van der Waals surface area (Å²) < 4.78 is 6.47. The van der Waals surface area contributed by atoms with Gasteiger partial charge in [0.05, 0.1) is 22.5 Å². The molecular weight excluding hydrogens is 304 g/mol. The lowest BCUT2D eigenvalue weighted by Crippen LogP contribution is -2.33. The molecule has 0 radical (unpaired) electrons. The van der Waals surface area contributed by atoms with Crippen molar-refractivity contribution in [3.63, 3.8) is 0 Å². The van der Waals surface area contributed by atoms with Gasteiger partial charge in [-0.25, -0.2) is 4.98 Å². The van der Waals surface area contributed by atoms with Gasteiger partial charge in [0.2, 0.25) is 0 Å². The van der Waals surface area contributed by atoms with Crippen LogP contribution in [0.2, 0.25) is 5.15 Å². The molecule has 0 bridgehead atoms. The monoisotopic (exact) mass is 318 g/mol. The molecule has 17 heavy (non-hydrogen) atoms. The molecule has 1 N–H and O–H groups in total. The van der Waals surface area contributed by atoms with Gasteiger partial charge in [-0.05, 0) is 41.3 Å². The van der Waals surface area contributed by atoms with Gasteiger partial charge in [-0.15, -0.1) is 0 Å². The lowest BCUT2D eigenvalue weighted by atomic mass is 10.0. The summed E-state index contributed by atoms with van der Waals surface area (Å²) in [6.45, 7) is 2.99. The fraction of sp³-hybridized carbons (Fsp3) is 0.583. The molecule has 2 atom stereocenters. The summed E-state index contributed by atoms with van der Waals surface area (Å²) in [7, 11) is 0. The normalized spacial score (nSPS) is 24.6. The maximum absolute atomic E-state index is 5.86. The van der Waals surface area contributed by atoms with E-state index >= 15 is 0 Å². The lowest BCUT2D eigenvalue weighted by molar-refractivity contribution is 0.00925. The van der Waals surface area contributed by atoms with Crippen molar-refractivity contribution in [1.29, 1.82) is 0 Å². The minimum Gasteiger partial charge on any atom is -0.381 e. The van der Waals surface area contributed by atoms with Crippen molar-refractivity contribution in [3.8, 4) is 0 Å². The highest BCUT2D eigenvalue weighted by Crippen LogP contribution is 2.25. The van der Waals surface area contributed by atoms with Crippen LogP contribution in [0.5, 0.6) is 0 Å². The number of hydrogen-bond acceptors (Lipinski definition) is 3. The highest BCUT2D eigenvalue weighted by atomic mass is 79.9. The van der Waals surface area contributed by atoms with Crippen molar-refractivity contribution in [2.24, 2.45) is 0 Å². The number of anilines is 1. The topological polar surface area (TPSA) is 34.2 Å². The molecule has 0 aromatic carbocycles. The minimum absolute atomic E-state index is 0.380. The Hall–Kier alpha value is -0.320. The SMILES string of the molecule is CCC1CC(Nc2cnc(Cl)c(Br)c2)CCO1. The highest BCUT2D eigenvalue weighted by molar-refractivity contribution is 9.10. The van der Waals surface area contributed by atoms with E-state index in [1.165, 1.54) is 0 Å². The van der Waals surface area contributed by atoms with Crippen molar-refractivity contribution in [3.05, 3.63) is 21.9 Å². The van der Waals surface area contributed by atoms with Gasteiger partial charge in [0, 0.05) is 12.6 Å². The zero-order valence-electron chi connectivity index (χ0n) is 9.75. The second-order valence-corrected chi connectivity index (χ2v) is 5.48. The van der Waals surface area contributed by atoms with Gasteiger partial charge < -0.3 is 10.1 Å². The molecular formula is C12H16BrClN2O. The largest absolute Gasteiger partial charge is 0.381 e. The standard InChI is InChI=1S/C12H16BrClN2O/c1-2-10-5-8(3-4-17-10)16-9-6-11(13)12(14)15-7-9/h6-8,10,16H,2-5H2,1H3. The summed E-state index contributed by atoms with van der Waals surface area (Å²) in [5.74, 6) is 0. The lowest BCUT2D eigenvalue weighted by Gasteiger charge is -2.30. The predicted octanol–water partition coefficient (Wildman–Crippen LogP) is 3.87. The number of aromatic nitrogens is 1. The molecule has 5 heteroatoms. The summed E-state index contributed by atoms with van der Waals surface area (Å²) in [5.41, 5.74) is 1.00. The van der Waals surface area contributed by atoms with E-state index in [2.05, 4.69) is 33.2 Å².